The summed E-state index contributed by atoms with van der Waals surface area (Å²) in [6.45, 7) is 0. The molecule has 1 heterocycles. The molecule has 0 amide bonds. The number of halogens is 1. The highest BCUT2D eigenvalue weighted by atomic mass is 127. The van der Waals surface area contributed by atoms with E-state index in [-0.39, 0.29) is 0 Å². The van der Waals surface area contributed by atoms with Gasteiger partial charge in [-0.3, -0.25) is 4.98 Å². The fourth-order valence-electron chi connectivity index (χ4n) is 4.67. The number of rotatable bonds is 3. The number of fused-ring (bicyclic) bond motifs is 1. The van der Waals surface area contributed by atoms with Crippen LogP contribution in [0.25, 0.3) is 11.0 Å². The first-order chi connectivity index (χ1) is 13.3. The molecule has 0 spiro atoms. The van der Waals surface area contributed by atoms with Gasteiger partial charge in [-0.2, -0.15) is 0 Å². The van der Waals surface area contributed by atoms with Crippen LogP contribution in [0.4, 0.5) is 0 Å². The van der Waals surface area contributed by atoms with Crippen molar-refractivity contribution in [2.75, 3.05) is 0 Å². The Morgan fingerprint density at radius 2 is 1.44 bits per heavy atom. The second-order valence-electron chi connectivity index (χ2n) is 8.33. The summed E-state index contributed by atoms with van der Waals surface area (Å²) < 4.78 is 7.33. The largest absolute Gasteiger partial charge is 0.488 e. The molecule has 2 fully saturated rings. The zero-order valence-electron chi connectivity index (χ0n) is 16.2. The Morgan fingerprint density at radius 1 is 0.778 bits per heavy atom. The van der Waals surface area contributed by atoms with Crippen molar-refractivity contribution >= 4 is 33.6 Å². The summed E-state index contributed by atoms with van der Waals surface area (Å²) in [5.41, 5.74) is 3.34. The lowest BCUT2D eigenvalue weighted by atomic mass is 9.89. The molecule has 2 aromatic rings. The van der Waals surface area contributed by atoms with Gasteiger partial charge in [0.1, 0.15) is 11.3 Å². The Bertz CT molecular complexity index is 732. The van der Waals surface area contributed by atoms with Gasteiger partial charge in [0.2, 0.25) is 0 Å². The molecule has 1 aromatic heterocycles. The second kappa shape index (κ2) is 9.53. The van der Waals surface area contributed by atoms with Crippen LogP contribution in [0.2, 0.25) is 0 Å². The van der Waals surface area contributed by atoms with E-state index in [9.17, 15) is 0 Å². The SMILES string of the molecule is IC1CCC(Oc2cc(C3CCCCCCCC3)cc3nccnc23)CC1. The molecule has 0 unspecified atom stereocenters. The lowest BCUT2D eigenvalue weighted by molar-refractivity contribution is 0.160. The maximum absolute atomic E-state index is 6.52. The highest BCUT2D eigenvalue weighted by Gasteiger charge is 2.23. The molecule has 4 rings (SSSR count). The molecule has 0 radical (unpaired) electrons. The number of alkyl halides is 1. The third-order valence-corrected chi connectivity index (χ3v) is 7.53. The van der Waals surface area contributed by atoms with Gasteiger partial charge in [0.15, 0.2) is 0 Å². The first kappa shape index (κ1) is 19.4. The van der Waals surface area contributed by atoms with Gasteiger partial charge in [-0.1, -0.05) is 61.1 Å². The maximum atomic E-state index is 6.52. The Balaban J connectivity index is 1.61. The summed E-state index contributed by atoms with van der Waals surface area (Å²) in [7, 11) is 0. The van der Waals surface area contributed by atoms with Gasteiger partial charge in [-0.15, -0.1) is 0 Å². The number of nitrogens with zero attached hydrogens (tertiary/aromatic N) is 2. The van der Waals surface area contributed by atoms with Crippen LogP contribution in [-0.4, -0.2) is 20.0 Å². The normalized spacial score (nSPS) is 25.5. The minimum atomic E-state index is 0.331. The summed E-state index contributed by atoms with van der Waals surface area (Å²) in [6, 6.07) is 4.58. The minimum Gasteiger partial charge on any atom is -0.488 e. The van der Waals surface area contributed by atoms with E-state index < -0.39 is 0 Å². The van der Waals surface area contributed by atoms with Gasteiger partial charge >= 0.3 is 0 Å². The number of aromatic nitrogens is 2. The Kier molecular flexibility index (Phi) is 6.85. The van der Waals surface area contributed by atoms with Crippen molar-refractivity contribution in [1.29, 1.82) is 0 Å². The summed E-state index contributed by atoms with van der Waals surface area (Å²) in [6.07, 6.45) is 19.6. The van der Waals surface area contributed by atoms with E-state index in [1.807, 2.05) is 0 Å². The van der Waals surface area contributed by atoms with Crippen molar-refractivity contribution in [3.63, 3.8) is 0 Å². The fourth-order valence-corrected chi connectivity index (χ4v) is 5.39. The Labute approximate surface area is 176 Å². The molecule has 3 nitrogen and oxygen atoms in total. The van der Waals surface area contributed by atoms with Gasteiger partial charge in [-0.05, 0) is 62.1 Å². The zero-order chi connectivity index (χ0) is 18.5. The molecular formula is C23H31IN2O. The van der Waals surface area contributed by atoms with Crippen LogP contribution in [0, 0.1) is 0 Å². The maximum Gasteiger partial charge on any atom is 0.147 e. The fraction of sp³-hybridized carbons (Fsp3) is 0.652. The van der Waals surface area contributed by atoms with E-state index in [0.717, 1.165) is 33.5 Å². The van der Waals surface area contributed by atoms with E-state index in [1.54, 1.807) is 12.4 Å². The lowest BCUT2D eigenvalue weighted by Crippen LogP contribution is -2.24. The van der Waals surface area contributed by atoms with E-state index >= 15 is 0 Å². The highest BCUT2D eigenvalue weighted by Crippen LogP contribution is 2.36. The quantitative estimate of drug-likeness (QED) is 0.353. The molecular weight excluding hydrogens is 447 g/mol. The van der Waals surface area contributed by atoms with Crippen LogP contribution in [0.1, 0.15) is 88.5 Å². The van der Waals surface area contributed by atoms with Crippen molar-refractivity contribution in [3.8, 4) is 5.75 Å². The summed E-state index contributed by atoms with van der Waals surface area (Å²) >= 11 is 2.58. The molecule has 4 heteroatoms. The molecule has 0 atom stereocenters. The summed E-state index contributed by atoms with van der Waals surface area (Å²) in [5.74, 6) is 1.61. The van der Waals surface area contributed by atoms with Crippen molar-refractivity contribution in [2.45, 2.75) is 93.0 Å². The molecule has 27 heavy (non-hydrogen) atoms. The average molecular weight is 478 g/mol. The monoisotopic (exact) mass is 478 g/mol. The minimum absolute atomic E-state index is 0.331. The predicted octanol–water partition coefficient (Wildman–Crippen LogP) is 6.97. The first-order valence-corrected chi connectivity index (χ1v) is 12.1. The van der Waals surface area contributed by atoms with Gasteiger partial charge in [0.05, 0.1) is 11.6 Å². The third-order valence-electron chi connectivity index (χ3n) is 6.29. The third kappa shape index (κ3) is 5.12. The van der Waals surface area contributed by atoms with E-state index in [0.29, 0.717) is 12.0 Å². The molecule has 2 saturated carbocycles. The van der Waals surface area contributed by atoms with Crippen LogP contribution < -0.4 is 4.74 Å². The predicted molar refractivity (Wildman–Crippen MR) is 120 cm³/mol. The van der Waals surface area contributed by atoms with Crippen molar-refractivity contribution in [3.05, 3.63) is 30.1 Å². The molecule has 146 valence electrons. The standard InChI is InChI=1S/C23H31IN2O/c24-19-9-11-20(12-10-19)27-22-16-18(15-21-23(22)26-14-13-25-21)17-7-5-3-1-2-4-6-8-17/h13-17,19-20H,1-12H2. The smallest absolute Gasteiger partial charge is 0.147 e. The van der Waals surface area contributed by atoms with Gasteiger partial charge in [-0.25, -0.2) is 4.98 Å². The van der Waals surface area contributed by atoms with E-state index in [4.69, 9.17) is 4.74 Å². The van der Waals surface area contributed by atoms with Crippen molar-refractivity contribution in [2.24, 2.45) is 0 Å². The van der Waals surface area contributed by atoms with Crippen LogP contribution in [-0.2, 0) is 0 Å². The number of hydrogen-bond acceptors (Lipinski definition) is 3. The lowest BCUT2D eigenvalue weighted by Gasteiger charge is -2.27. The van der Waals surface area contributed by atoms with Crippen molar-refractivity contribution in [1.82, 2.24) is 9.97 Å². The van der Waals surface area contributed by atoms with Gasteiger partial charge in [0.25, 0.3) is 0 Å². The van der Waals surface area contributed by atoms with Crippen molar-refractivity contribution < 1.29 is 4.74 Å². The van der Waals surface area contributed by atoms with Crippen LogP contribution >= 0.6 is 22.6 Å². The Hall–Kier alpha value is -0.910. The highest BCUT2D eigenvalue weighted by molar-refractivity contribution is 14.1. The molecule has 0 N–H and O–H groups in total. The van der Waals surface area contributed by atoms with E-state index in [2.05, 4.69) is 44.7 Å². The number of benzene rings is 1. The van der Waals surface area contributed by atoms with Crippen LogP contribution in [0.3, 0.4) is 0 Å². The van der Waals surface area contributed by atoms with Crippen LogP contribution in [0.5, 0.6) is 5.75 Å². The molecule has 2 aliphatic carbocycles. The van der Waals surface area contributed by atoms with Gasteiger partial charge in [0, 0.05) is 16.3 Å². The molecule has 0 aliphatic heterocycles. The molecule has 0 saturated heterocycles. The topological polar surface area (TPSA) is 35.0 Å². The zero-order valence-corrected chi connectivity index (χ0v) is 18.4. The number of hydrogen-bond donors (Lipinski definition) is 0. The number of ether oxygens (including phenoxy) is 1. The molecule has 2 aliphatic rings. The average Bonchev–Trinajstić information content (AvgIpc) is 2.83. The summed E-state index contributed by atoms with van der Waals surface area (Å²) in [4.78, 5) is 9.23. The molecule has 0 bridgehead atoms. The van der Waals surface area contributed by atoms with Crippen LogP contribution in [0.15, 0.2) is 24.5 Å². The van der Waals surface area contributed by atoms with E-state index in [1.165, 1.54) is 69.8 Å². The van der Waals surface area contributed by atoms with Gasteiger partial charge < -0.3 is 4.74 Å². The Morgan fingerprint density at radius 3 is 2.19 bits per heavy atom. The summed E-state index contributed by atoms with van der Waals surface area (Å²) in [5, 5.41) is 0. The first-order valence-electron chi connectivity index (χ1n) is 10.8. The molecule has 1 aromatic carbocycles. The second-order valence-corrected chi connectivity index (χ2v) is 10.1.